The van der Waals surface area contributed by atoms with Crippen molar-refractivity contribution in [1.82, 2.24) is 10.2 Å². The number of rotatable bonds is 5. The molecule has 28 heavy (non-hydrogen) atoms. The number of hydrogen-bond acceptors (Lipinski definition) is 4. The number of nitrogens with zero attached hydrogens (tertiary/aromatic N) is 3. The Bertz CT molecular complexity index is 705. The number of benzene rings is 1. The average Bonchev–Trinajstić information content (AvgIpc) is 2.75. The third-order valence-electron chi connectivity index (χ3n) is 5.36. The number of piperidine rings is 1. The van der Waals surface area contributed by atoms with E-state index in [4.69, 9.17) is 14.7 Å². The van der Waals surface area contributed by atoms with Gasteiger partial charge in [0, 0.05) is 38.9 Å². The molecule has 3 rings (SSSR count). The van der Waals surface area contributed by atoms with Crippen molar-refractivity contribution in [3.05, 3.63) is 35.1 Å². The van der Waals surface area contributed by atoms with E-state index in [0.29, 0.717) is 24.3 Å². The summed E-state index contributed by atoms with van der Waals surface area (Å²) in [5.41, 5.74) is 0.916. The smallest absolute Gasteiger partial charge is 0.193 e. The van der Waals surface area contributed by atoms with Gasteiger partial charge in [-0.1, -0.05) is 0 Å². The number of ether oxygens (including phenoxy) is 2. The summed E-state index contributed by atoms with van der Waals surface area (Å²) in [5.74, 6) is 0.426. The lowest BCUT2D eigenvalue weighted by molar-refractivity contribution is -0.0721. The fourth-order valence-corrected chi connectivity index (χ4v) is 3.70. The molecule has 1 unspecified atom stereocenters. The van der Waals surface area contributed by atoms with Gasteiger partial charge in [-0.3, -0.25) is 4.99 Å². The molecule has 7 heteroatoms. The van der Waals surface area contributed by atoms with Crippen LogP contribution in [0.2, 0.25) is 0 Å². The molecular formula is C21H29FN4O2. The number of guanidine groups is 1. The highest BCUT2D eigenvalue weighted by Gasteiger charge is 2.23. The van der Waals surface area contributed by atoms with E-state index >= 15 is 0 Å². The molecule has 0 aromatic heterocycles. The molecule has 2 aliphatic heterocycles. The maximum Gasteiger partial charge on any atom is 0.193 e. The Labute approximate surface area is 166 Å². The normalized spacial score (nSPS) is 21.4. The molecule has 1 aromatic carbocycles. The van der Waals surface area contributed by atoms with Gasteiger partial charge in [-0.25, -0.2) is 4.39 Å². The molecule has 2 aliphatic rings. The quantitative estimate of drug-likeness (QED) is 0.620. The van der Waals surface area contributed by atoms with Gasteiger partial charge < -0.3 is 19.7 Å². The third kappa shape index (κ3) is 5.66. The van der Waals surface area contributed by atoms with E-state index in [1.54, 1.807) is 13.1 Å². The first-order valence-corrected chi connectivity index (χ1v) is 10.1. The molecule has 0 aliphatic carbocycles. The van der Waals surface area contributed by atoms with Gasteiger partial charge in [0.25, 0.3) is 0 Å². The highest BCUT2D eigenvalue weighted by atomic mass is 19.1. The molecule has 152 valence electrons. The Morgan fingerprint density at radius 1 is 1.36 bits per heavy atom. The summed E-state index contributed by atoms with van der Waals surface area (Å²) in [7, 11) is 1.73. The van der Waals surface area contributed by atoms with Crippen LogP contribution in [0.3, 0.4) is 0 Å². The summed E-state index contributed by atoms with van der Waals surface area (Å²) in [4.78, 5) is 6.50. The minimum Gasteiger partial charge on any atom is -0.376 e. The Balaban J connectivity index is 1.44. The lowest BCUT2D eigenvalue weighted by Gasteiger charge is -2.35. The van der Waals surface area contributed by atoms with Crippen LogP contribution in [0.25, 0.3) is 0 Å². The van der Waals surface area contributed by atoms with E-state index < -0.39 is 0 Å². The molecule has 1 N–H and O–H groups in total. The van der Waals surface area contributed by atoms with E-state index in [1.807, 2.05) is 6.07 Å². The van der Waals surface area contributed by atoms with Crippen LogP contribution in [-0.4, -0.2) is 56.4 Å². The van der Waals surface area contributed by atoms with Gasteiger partial charge in [0.2, 0.25) is 0 Å². The first kappa shape index (κ1) is 20.6. The topological polar surface area (TPSA) is 69.9 Å². The van der Waals surface area contributed by atoms with E-state index in [9.17, 15) is 4.39 Å². The van der Waals surface area contributed by atoms with Gasteiger partial charge in [-0.2, -0.15) is 5.26 Å². The fraction of sp³-hybridized carbons (Fsp3) is 0.619. The highest BCUT2D eigenvalue weighted by Crippen LogP contribution is 2.18. The zero-order valence-electron chi connectivity index (χ0n) is 16.5. The van der Waals surface area contributed by atoms with Gasteiger partial charge in [0.15, 0.2) is 5.96 Å². The van der Waals surface area contributed by atoms with Crippen LogP contribution in [0.1, 0.15) is 43.2 Å². The molecule has 0 amide bonds. The Kier molecular flexibility index (Phi) is 7.63. The Morgan fingerprint density at radius 2 is 2.18 bits per heavy atom. The molecule has 0 bridgehead atoms. The standard InChI is InChI=1S/C21H29FN4O2/c1-24-21(25-14-17-12-16(13-23)5-6-20(17)22)26-9-7-18(8-10-26)28-15-19-4-2-3-11-27-19/h5-6,12,18-19H,2-4,7-11,14-15H2,1H3,(H,24,25). The molecule has 2 saturated heterocycles. The van der Waals surface area contributed by atoms with Crippen molar-refractivity contribution >= 4 is 5.96 Å². The maximum absolute atomic E-state index is 14.0. The average molecular weight is 388 g/mol. The fourth-order valence-electron chi connectivity index (χ4n) is 3.70. The predicted octanol–water partition coefficient (Wildman–Crippen LogP) is 2.82. The molecule has 2 fully saturated rings. The van der Waals surface area contributed by atoms with E-state index in [0.717, 1.165) is 51.3 Å². The largest absolute Gasteiger partial charge is 0.376 e. The van der Waals surface area contributed by atoms with Crippen LogP contribution in [-0.2, 0) is 16.0 Å². The summed E-state index contributed by atoms with van der Waals surface area (Å²) in [5, 5.41) is 12.2. The number of nitrogens with one attached hydrogen (secondary N) is 1. The number of halogens is 1. The Morgan fingerprint density at radius 3 is 2.86 bits per heavy atom. The molecular weight excluding hydrogens is 359 g/mol. The van der Waals surface area contributed by atoms with Gasteiger partial charge in [-0.05, 0) is 50.3 Å². The first-order valence-electron chi connectivity index (χ1n) is 10.1. The van der Waals surface area contributed by atoms with Crippen molar-refractivity contribution < 1.29 is 13.9 Å². The molecule has 0 radical (unpaired) electrons. The van der Waals surface area contributed by atoms with Gasteiger partial charge >= 0.3 is 0 Å². The van der Waals surface area contributed by atoms with Gasteiger partial charge in [-0.15, -0.1) is 0 Å². The summed E-state index contributed by atoms with van der Waals surface area (Å²) in [6.07, 6.45) is 5.86. The minimum atomic E-state index is -0.320. The maximum atomic E-state index is 14.0. The molecule has 0 spiro atoms. The summed E-state index contributed by atoms with van der Waals surface area (Å²) >= 11 is 0. The molecule has 0 saturated carbocycles. The van der Waals surface area contributed by atoms with Crippen molar-refractivity contribution in [3.8, 4) is 6.07 Å². The molecule has 1 aromatic rings. The second kappa shape index (κ2) is 10.4. The van der Waals surface area contributed by atoms with Crippen LogP contribution in [0.15, 0.2) is 23.2 Å². The van der Waals surface area contributed by atoms with Crippen molar-refractivity contribution in [2.45, 2.75) is 50.9 Å². The van der Waals surface area contributed by atoms with E-state index in [1.165, 1.54) is 18.6 Å². The highest BCUT2D eigenvalue weighted by molar-refractivity contribution is 5.80. The van der Waals surface area contributed by atoms with Crippen LogP contribution in [0, 0.1) is 17.1 Å². The SMILES string of the molecule is CN=C(NCc1cc(C#N)ccc1F)N1CCC(OCC2CCCCO2)CC1. The molecule has 1 atom stereocenters. The van der Waals surface area contributed by atoms with E-state index in [-0.39, 0.29) is 18.0 Å². The van der Waals surface area contributed by atoms with Crippen LogP contribution >= 0.6 is 0 Å². The number of aliphatic imine (C=N–C) groups is 1. The number of hydrogen-bond donors (Lipinski definition) is 1. The summed E-state index contributed by atoms with van der Waals surface area (Å²) < 4.78 is 25.8. The van der Waals surface area contributed by atoms with E-state index in [2.05, 4.69) is 15.2 Å². The predicted molar refractivity (Wildman–Crippen MR) is 105 cm³/mol. The zero-order chi connectivity index (χ0) is 19.8. The van der Waals surface area contributed by atoms with Gasteiger partial charge in [0.05, 0.1) is 30.4 Å². The molecule has 6 nitrogen and oxygen atoms in total. The van der Waals surface area contributed by atoms with Crippen molar-refractivity contribution in [3.63, 3.8) is 0 Å². The second-order valence-corrected chi connectivity index (χ2v) is 7.33. The van der Waals surface area contributed by atoms with Crippen LogP contribution < -0.4 is 5.32 Å². The van der Waals surface area contributed by atoms with Crippen molar-refractivity contribution in [2.75, 3.05) is 33.4 Å². The lowest BCUT2D eigenvalue weighted by Crippen LogP contribution is -2.47. The molecule has 2 heterocycles. The Hall–Kier alpha value is -2.17. The zero-order valence-corrected chi connectivity index (χ0v) is 16.5. The van der Waals surface area contributed by atoms with Crippen molar-refractivity contribution in [2.24, 2.45) is 4.99 Å². The second-order valence-electron chi connectivity index (χ2n) is 7.33. The first-order chi connectivity index (χ1) is 13.7. The minimum absolute atomic E-state index is 0.250. The third-order valence-corrected chi connectivity index (χ3v) is 5.36. The number of likely N-dealkylation sites (tertiary alicyclic amines) is 1. The summed E-state index contributed by atoms with van der Waals surface area (Å²) in [6, 6.07) is 6.43. The number of nitriles is 1. The summed E-state index contributed by atoms with van der Waals surface area (Å²) in [6.45, 7) is 3.52. The van der Waals surface area contributed by atoms with Crippen molar-refractivity contribution in [1.29, 1.82) is 5.26 Å². The monoisotopic (exact) mass is 388 g/mol. The van der Waals surface area contributed by atoms with Crippen LogP contribution in [0.4, 0.5) is 4.39 Å². The lowest BCUT2D eigenvalue weighted by atomic mass is 10.1. The van der Waals surface area contributed by atoms with Gasteiger partial charge in [0.1, 0.15) is 5.82 Å². The van der Waals surface area contributed by atoms with Crippen LogP contribution in [0.5, 0.6) is 0 Å².